The highest BCUT2D eigenvalue weighted by atomic mass is 16.3. The molecule has 7 nitrogen and oxygen atoms in total. The second kappa shape index (κ2) is 7.93. The maximum Gasteiger partial charge on any atom is 0.137 e. The smallest absolute Gasteiger partial charge is 0.137 e. The SMILES string of the molecule is N[C@@H](C=O)CN1CCc2c(ncnc2N(CCO)C2C3CC4CC(C3)CC2C4)C1. The van der Waals surface area contributed by atoms with Gasteiger partial charge in [0.2, 0.25) is 0 Å². The molecule has 0 unspecified atom stereocenters. The second-order valence-electron chi connectivity index (χ2n) is 9.75. The van der Waals surface area contributed by atoms with Gasteiger partial charge in [-0.2, -0.15) is 0 Å². The molecule has 158 valence electrons. The lowest BCUT2D eigenvalue weighted by atomic mass is 9.54. The Morgan fingerprint density at radius 3 is 2.59 bits per heavy atom. The van der Waals surface area contributed by atoms with E-state index in [4.69, 9.17) is 10.7 Å². The summed E-state index contributed by atoms with van der Waals surface area (Å²) in [6, 6.07) is 0.0623. The number of aromatic nitrogens is 2. The van der Waals surface area contributed by atoms with E-state index < -0.39 is 6.04 Å². The fourth-order valence-corrected chi connectivity index (χ4v) is 7.05. The first kappa shape index (κ1) is 19.4. The number of carbonyl (C=O) groups is 1. The molecule has 4 fully saturated rings. The lowest BCUT2D eigenvalue weighted by Crippen LogP contribution is -2.57. The van der Waals surface area contributed by atoms with E-state index in [-0.39, 0.29) is 6.61 Å². The van der Waals surface area contributed by atoms with Gasteiger partial charge < -0.3 is 20.5 Å². The molecule has 1 aliphatic heterocycles. The maximum atomic E-state index is 10.9. The average Bonchev–Trinajstić information content (AvgIpc) is 2.71. The average molecular weight is 400 g/mol. The van der Waals surface area contributed by atoms with Gasteiger partial charge in [-0.15, -0.1) is 0 Å². The van der Waals surface area contributed by atoms with Crippen molar-refractivity contribution in [1.82, 2.24) is 14.9 Å². The summed E-state index contributed by atoms with van der Waals surface area (Å²) in [5, 5.41) is 9.88. The Labute approximate surface area is 172 Å². The Kier molecular flexibility index (Phi) is 5.30. The molecule has 7 heteroatoms. The molecule has 1 aromatic heterocycles. The Morgan fingerprint density at radius 1 is 1.21 bits per heavy atom. The Balaban J connectivity index is 1.42. The molecule has 0 saturated heterocycles. The quantitative estimate of drug-likeness (QED) is 0.660. The largest absolute Gasteiger partial charge is 0.395 e. The van der Waals surface area contributed by atoms with Crippen LogP contribution in [0.2, 0.25) is 0 Å². The van der Waals surface area contributed by atoms with Crippen LogP contribution < -0.4 is 10.6 Å². The first-order valence-corrected chi connectivity index (χ1v) is 11.3. The van der Waals surface area contributed by atoms with Gasteiger partial charge in [0.05, 0.1) is 18.3 Å². The predicted molar refractivity (Wildman–Crippen MR) is 110 cm³/mol. The number of aldehydes is 1. The van der Waals surface area contributed by atoms with Crippen LogP contribution in [0.4, 0.5) is 5.82 Å². The summed E-state index contributed by atoms with van der Waals surface area (Å²) in [5.41, 5.74) is 8.10. The minimum absolute atomic E-state index is 0.155. The van der Waals surface area contributed by atoms with Crippen molar-refractivity contribution in [1.29, 1.82) is 0 Å². The third kappa shape index (κ3) is 3.57. The number of aliphatic hydroxyl groups excluding tert-OH is 1. The van der Waals surface area contributed by atoms with Gasteiger partial charge in [0.15, 0.2) is 0 Å². The van der Waals surface area contributed by atoms with Crippen molar-refractivity contribution < 1.29 is 9.90 Å². The summed E-state index contributed by atoms with van der Waals surface area (Å²) < 4.78 is 0. The van der Waals surface area contributed by atoms with Crippen LogP contribution in [0.25, 0.3) is 0 Å². The van der Waals surface area contributed by atoms with E-state index in [2.05, 4.69) is 14.8 Å². The number of rotatable bonds is 7. The molecule has 4 aliphatic carbocycles. The second-order valence-corrected chi connectivity index (χ2v) is 9.75. The number of aliphatic hydroxyl groups is 1. The van der Waals surface area contributed by atoms with Crippen molar-refractivity contribution in [3.05, 3.63) is 17.6 Å². The number of nitrogens with two attached hydrogens (primary N) is 1. The van der Waals surface area contributed by atoms with Gasteiger partial charge >= 0.3 is 0 Å². The van der Waals surface area contributed by atoms with Crippen molar-refractivity contribution in [2.75, 3.05) is 31.1 Å². The Bertz CT molecular complexity index is 729. The van der Waals surface area contributed by atoms with Crippen LogP contribution in [0.3, 0.4) is 0 Å². The molecule has 2 heterocycles. The number of hydrogen-bond donors (Lipinski definition) is 2. The fourth-order valence-electron chi connectivity index (χ4n) is 7.05. The highest BCUT2D eigenvalue weighted by molar-refractivity contribution is 5.57. The van der Waals surface area contributed by atoms with Gasteiger partial charge in [-0.1, -0.05) is 0 Å². The highest BCUT2D eigenvalue weighted by Gasteiger charge is 2.50. The molecule has 0 amide bonds. The zero-order valence-electron chi connectivity index (χ0n) is 17.1. The lowest BCUT2D eigenvalue weighted by molar-refractivity contribution is -0.109. The molecule has 0 aromatic carbocycles. The topological polar surface area (TPSA) is 95.6 Å². The van der Waals surface area contributed by atoms with Crippen LogP contribution in [-0.2, 0) is 17.8 Å². The molecule has 4 saturated carbocycles. The molecule has 0 radical (unpaired) electrons. The third-order valence-electron chi connectivity index (χ3n) is 7.86. The molecule has 1 aromatic rings. The number of nitrogens with zero attached hydrogens (tertiary/aromatic N) is 4. The zero-order valence-corrected chi connectivity index (χ0v) is 17.1. The zero-order chi connectivity index (χ0) is 20.0. The Morgan fingerprint density at radius 2 is 1.93 bits per heavy atom. The summed E-state index contributed by atoms with van der Waals surface area (Å²) in [6.45, 7) is 2.95. The van der Waals surface area contributed by atoms with Gasteiger partial charge in [-0.25, -0.2) is 9.97 Å². The molecule has 3 N–H and O–H groups in total. The summed E-state index contributed by atoms with van der Waals surface area (Å²) in [5.74, 6) is 4.39. The number of hydrogen-bond acceptors (Lipinski definition) is 7. The Hall–Kier alpha value is -1.57. The molecule has 1 atom stereocenters. The van der Waals surface area contributed by atoms with Crippen LogP contribution in [0.1, 0.15) is 43.4 Å². The van der Waals surface area contributed by atoms with Crippen molar-refractivity contribution in [2.24, 2.45) is 29.4 Å². The van der Waals surface area contributed by atoms with Crippen LogP contribution in [-0.4, -0.2) is 64.6 Å². The molecule has 5 aliphatic rings. The van der Waals surface area contributed by atoms with E-state index in [9.17, 15) is 9.90 Å². The van der Waals surface area contributed by atoms with Gasteiger partial charge in [0.25, 0.3) is 0 Å². The number of anilines is 1. The van der Waals surface area contributed by atoms with Crippen LogP contribution in [0, 0.1) is 23.7 Å². The monoisotopic (exact) mass is 399 g/mol. The van der Waals surface area contributed by atoms with Gasteiger partial charge in [0.1, 0.15) is 18.4 Å². The third-order valence-corrected chi connectivity index (χ3v) is 7.86. The van der Waals surface area contributed by atoms with E-state index in [1.165, 1.54) is 37.7 Å². The first-order valence-electron chi connectivity index (χ1n) is 11.3. The van der Waals surface area contributed by atoms with E-state index in [1.54, 1.807) is 6.33 Å². The van der Waals surface area contributed by atoms with Gasteiger partial charge in [-0.05, 0) is 62.2 Å². The molecular formula is C22H33N5O2. The van der Waals surface area contributed by atoms with E-state index in [0.717, 1.165) is 54.4 Å². The van der Waals surface area contributed by atoms with Crippen molar-refractivity contribution in [3.63, 3.8) is 0 Å². The van der Waals surface area contributed by atoms with Crippen molar-refractivity contribution in [3.8, 4) is 0 Å². The number of carbonyl (C=O) groups excluding carboxylic acids is 1. The van der Waals surface area contributed by atoms with E-state index in [0.29, 0.717) is 25.7 Å². The molecule has 0 spiro atoms. The van der Waals surface area contributed by atoms with Crippen LogP contribution in [0.15, 0.2) is 6.33 Å². The van der Waals surface area contributed by atoms with Gasteiger partial charge in [-0.3, -0.25) is 4.90 Å². The summed E-state index contributed by atoms with van der Waals surface area (Å²) in [4.78, 5) is 24.9. The summed E-state index contributed by atoms with van der Waals surface area (Å²) in [6.07, 6.45) is 10.2. The predicted octanol–water partition coefficient (Wildman–Crippen LogP) is 0.984. The lowest BCUT2D eigenvalue weighted by Gasteiger charge is -2.57. The first-order chi connectivity index (χ1) is 14.2. The molecule has 29 heavy (non-hydrogen) atoms. The van der Waals surface area contributed by atoms with E-state index >= 15 is 0 Å². The van der Waals surface area contributed by atoms with Crippen LogP contribution >= 0.6 is 0 Å². The van der Waals surface area contributed by atoms with Crippen molar-refractivity contribution in [2.45, 2.75) is 57.2 Å². The standard InChI is InChI=1S/C22H33N5O2/c23-18(12-29)10-26-2-1-19-20(11-26)24-13-25-22(19)27(3-4-28)21-16-6-14-5-15(8-16)9-17(21)7-14/h12-18,21,28H,1-11,23H2/t14?,15?,16?,17?,18-,21?/m1/s1. The highest BCUT2D eigenvalue weighted by Crippen LogP contribution is 2.55. The minimum atomic E-state index is -0.447. The molecule has 4 bridgehead atoms. The molecular weight excluding hydrogens is 366 g/mol. The molecule has 6 rings (SSSR count). The summed E-state index contributed by atoms with van der Waals surface area (Å²) in [7, 11) is 0. The summed E-state index contributed by atoms with van der Waals surface area (Å²) >= 11 is 0. The normalized spacial score (nSPS) is 34.1. The van der Waals surface area contributed by atoms with Crippen LogP contribution in [0.5, 0.6) is 0 Å². The van der Waals surface area contributed by atoms with Gasteiger partial charge in [0, 0.05) is 37.8 Å². The van der Waals surface area contributed by atoms with Crippen molar-refractivity contribution >= 4 is 12.1 Å². The minimum Gasteiger partial charge on any atom is -0.395 e. The van der Waals surface area contributed by atoms with E-state index in [1.807, 2.05) is 0 Å². The number of fused-ring (bicyclic) bond motifs is 1. The maximum absolute atomic E-state index is 10.9. The fraction of sp³-hybridized carbons (Fsp3) is 0.773.